The van der Waals surface area contributed by atoms with Crippen molar-refractivity contribution >= 4 is 39.1 Å². The molecule has 0 unspecified atom stereocenters. The van der Waals surface area contributed by atoms with E-state index in [9.17, 15) is 4.79 Å². The molecular weight excluding hydrogens is 302 g/mol. The molecule has 2 aromatic carbocycles. The van der Waals surface area contributed by atoms with E-state index in [1.54, 1.807) is 36.4 Å². The lowest BCUT2D eigenvalue weighted by Crippen LogP contribution is -2.11. The fourth-order valence-corrected chi connectivity index (χ4v) is 1.89. The van der Waals surface area contributed by atoms with Gasteiger partial charge in [-0.05, 0) is 42.5 Å². The van der Waals surface area contributed by atoms with Crippen LogP contribution >= 0.6 is 27.5 Å². The van der Waals surface area contributed by atoms with E-state index in [0.29, 0.717) is 10.6 Å². The van der Waals surface area contributed by atoms with Crippen molar-refractivity contribution < 1.29 is 4.79 Å². The van der Waals surface area contributed by atoms with E-state index in [2.05, 4.69) is 21.2 Å². The van der Waals surface area contributed by atoms with Crippen LogP contribution in [0.4, 0.5) is 5.69 Å². The van der Waals surface area contributed by atoms with Gasteiger partial charge < -0.3 is 5.32 Å². The van der Waals surface area contributed by atoms with Crippen LogP contribution in [0.2, 0.25) is 5.02 Å². The lowest BCUT2D eigenvalue weighted by atomic mass is 10.2. The molecule has 0 atom stereocenters. The first-order chi connectivity index (χ1) is 8.15. The number of nitrogens with one attached hydrogen (secondary N) is 1. The second-order valence-electron chi connectivity index (χ2n) is 3.47. The molecule has 0 saturated carbocycles. The normalized spacial score (nSPS) is 10.0. The number of hydrogen-bond acceptors (Lipinski definition) is 1. The Balaban J connectivity index is 2.14. The Kier molecular flexibility index (Phi) is 3.82. The van der Waals surface area contributed by atoms with E-state index in [1.165, 1.54) is 0 Å². The molecule has 17 heavy (non-hydrogen) atoms. The Hall–Kier alpha value is -1.32. The molecule has 0 heterocycles. The first-order valence-corrected chi connectivity index (χ1v) is 6.15. The number of anilines is 1. The minimum atomic E-state index is -0.145. The van der Waals surface area contributed by atoms with E-state index < -0.39 is 0 Å². The van der Waals surface area contributed by atoms with Crippen LogP contribution in [-0.4, -0.2) is 5.91 Å². The van der Waals surface area contributed by atoms with Crippen molar-refractivity contribution in [3.63, 3.8) is 0 Å². The Morgan fingerprint density at radius 3 is 2.47 bits per heavy atom. The smallest absolute Gasteiger partial charge is 0.255 e. The molecular formula is C13H9BrClNO. The van der Waals surface area contributed by atoms with E-state index in [1.807, 2.05) is 12.1 Å². The molecule has 1 amide bonds. The van der Waals surface area contributed by atoms with Crippen LogP contribution < -0.4 is 5.32 Å². The number of benzene rings is 2. The van der Waals surface area contributed by atoms with E-state index in [4.69, 9.17) is 11.6 Å². The second kappa shape index (κ2) is 5.34. The highest BCUT2D eigenvalue weighted by atomic mass is 79.9. The number of rotatable bonds is 2. The van der Waals surface area contributed by atoms with Gasteiger partial charge >= 0.3 is 0 Å². The molecule has 0 aromatic heterocycles. The summed E-state index contributed by atoms with van der Waals surface area (Å²) >= 11 is 9.10. The highest BCUT2D eigenvalue weighted by Gasteiger charge is 2.05. The molecule has 2 nitrogen and oxygen atoms in total. The van der Waals surface area contributed by atoms with Crippen molar-refractivity contribution in [2.75, 3.05) is 5.32 Å². The molecule has 0 spiro atoms. The summed E-state index contributed by atoms with van der Waals surface area (Å²) in [4.78, 5) is 11.9. The predicted octanol–water partition coefficient (Wildman–Crippen LogP) is 4.35. The van der Waals surface area contributed by atoms with E-state index in [-0.39, 0.29) is 5.91 Å². The number of carbonyl (C=O) groups is 1. The zero-order chi connectivity index (χ0) is 12.3. The molecule has 0 radical (unpaired) electrons. The van der Waals surface area contributed by atoms with Gasteiger partial charge in [-0.3, -0.25) is 4.79 Å². The summed E-state index contributed by atoms with van der Waals surface area (Å²) in [5.74, 6) is -0.145. The third-order valence-electron chi connectivity index (χ3n) is 2.19. The molecule has 0 fully saturated rings. The summed E-state index contributed by atoms with van der Waals surface area (Å²) < 4.78 is 0.876. The molecule has 4 heteroatoms. The highest BCUT2D eigenvalue weighted by Crippen LogP contribution is 2.16. The number of halogens is 2. The Morgan fingerprint density at radius 1 is 1.12 bits per heavy atom. The van der Waals surface area contributed by atoms with Gasteiger partial charge in [-0.25, -0.2) is 0 Å². The van der Waals surface area contributed by atoms with Gasteiger partial charge in [0.2, 0.25) is 0 Å². The van der Waals surface area contributed by atoms with Gasteiger partial charge in [-0.1, -0.05) is 33.6 Å². The Bertz CT molecular complexity index is 539. The summed E-state index contributed by atoms with van der Waals surface area (Å²) in [6.07, 6.45) is 0. The first kappa shape index (κ1) is 12.1. The van der Waals surface area contributed by atoms with Crippen LogP contribution in [0.3, 0.4) is 0 Å². The first-order valence-electron chi connectivity index (χ1n) is 4.97. The van der Waals surface area contributed by atoms with Gasteiger partial charge in [0.25, 0.3) is 5.91 Å². The molecule has 0 aliphatic carbocycles. The van der Waals surface area contributed by atoms with Crippen LogP contribution in [-0.2, 0) is 0 Å². The largest absolute Gasteiger partial charge is 0.322 e. The molecule has 2 aromatic rings. The van der Waals surface area contributed by atoms with Crippen molar-refractivity contribution in [1.82, 2.24) is 0 Å². The molecule has 0 bridgehead atoms. The maximum atomic E-state index is 11.9. The lowest BCUT2D eigenvalue weighted by Gasteiger charge is -2.05. The molecule has 0 saturated heterocycles. The average molecular weight is 311 g/mol. The quantitative estimate of drug-likeness (QED) is 0.877. The van der Waals surface area contributed by atoms with Gasteiger partial charge in [-0.15, -0.1) is 0 Å². The Labute approximate surface area is 113 Å². The number of amides is 1. The molecule has 0 aliphatic heterocycles. The minimum Gasteiger partial charge on any atom is -0.322 e. The summed E-state index contributed by atoms with van der Waals surface area (Å²) in [6, 6.07) is 14.2. The third-order valence-corrected chi connectivity index (χ3v) is 2.93. The maximum absolute atomic E-state index is 11.9. The number of carbonyl (C=O) groups excluding carboxylic acids is 1. The summed E-state index contributed by atoms with van der Waals surface area (Å²) in [5, 5.41) is 3.44. The van der Waals surface area contributed by atoms with Crippen molar-refractivity contribution in [3.8, 4) is 0 Å². The third kappa shape index (κ3) is 3.32. The topological polar surface area (TPSA) is 29.1 Å². The fraction of sp³-hybridized carbons (Fsp3) is 0. The SMILES string of the molecule is O=C(Nc1ccc(Cl)cc1)c1cccc(Br)c1. The van der Waals surface area contributed by atoms with Gasteiger partial charge in [0.15, 0.2) is 0 Å². The summed E-state index contributed by atoms with van der Waals surface area (Å²) in [5.41, 5.74) is 1.33. The van der Waals surface area contributed by atoms with Crippen LogP contribution in [0.1, 0.15) is 10.4 Å². The van der Waals surface area contributed by atoms with Crippen LogP contribution in [0.15, 0.2) is 53.0 Å². The van der Waals surface area contributed by atoms with Crippen molar-refractivity contribution in [1.29, 1.82) is 0 Å². The fourth-order valence-electron chi connectivity index (χ4n) is 1.37. The summed E-state index contributed by atoms with van der Waals surface area (Å²) in [6.45, 7) is 0. The van der Waals surface area contributed by atoms with Crippen LogP contribution in [0.5, 0.6) is 0 Å². The molecule has 2 rings (SSSR count). The zero-order valence-electron chi connectivity index (χ0n) is 8.78. The van der Waals surface area contributed by atoms with Crippen molar-refractivity contribution in [2.24, 2.45) is 0 Å². The Morgan fingerprint density at radius 2 is 1.82 bits per heavy atom. The minimum absolute atomic E-state index is 0.145. The van der Waals surface area contributed by atoms with Gasteiger partial charge in [-0.2, -0.15) is 0 Å². The molecule has 86 valence electrons. The van der Waals surface area contributed by atoms with Gasteiger partial charge in [0.1, 0.15) is 0 Å². The standard InChI is InChI=1S/C13H9BrClNO/c14-10-3-1-2-9(8-10)13(17)16-12-6-4-11(15)5-7-12/h1-8H,(H,16,17). The van der Waals surface area contributed by atoms with Crippen molar-refractivity contribution in [2.45, 2.75) is 0 Å². The molecule has 0 aliphatic rings. The zero-order valence-corrected chi connectivity index (χ0v) is 11.1. The average Bonchev–Trinajstić information content (AvgIpc) is 2.32. The van der Waals surface area contributed by atoms with Gasteiger partial charge in [0, 0.05) is 20.7 Å². The van der Waals surface area contributed by atoms with E-state index in [0.717, 1.165) is 10.2 Å². The second-order valence-corrected chi connectivity index (χ2v) is 4.82. The van der Waals surface area contributed by atoms with Gasteiger partial charge in [0.05, 0.1) is 0 Å². The lowest BCUT2D eigenvalue weighted by molar-refractivity contribution is 0.102. The maximum Gasteiger partial charge on any atom is 0.255 e. The van der Waals surface area contributed by atoms with E-state index >= 15 is 0 Å². The van der Waals surface area contributed by atoms with Crippen molar-refractivity contribution in [3.05, 3.63) is 63.6 Å². The van der Waals surface area contributed by atoms with Crippen LogP contribution in [0.25, 0.3) is 0 Å². The number of hydrogen-bond donors (Lipinski definition) is 1. The highest BCUT2D eigenvalue weighted by molar-refractivity contribution is 9.10. The van der Waals surface area contributed by atoms with Crippen LogP contribution in [0, 0.1) is 0 Å². The summed E-state index contributed by atoms with van der Waals surface area (Å²) in [7, 11) is 0. The monoisotopic (exact) mass is 309 g/mol. The predicted molar refractivity (Wildman–Crippen MR) is 73.5 cm³/mol. The molecule has 1 N–H and O–H groups in total.